The maximum Gasteiger partial charge on any atom is 0.225 e. The normalized spacial score (nSPS) is 30.0. The topological polar surface area (TPSA) is 80.5 Å². The van der Waals surface area contributed by atoms with Crippen LogP contribution < -0.4 is 16.0 Å². The molecule has 6 nitrogen and oxygen atoms in total. The van der Waals surface area contributed by atoms with Crippen molar-refractivity contribution >= 4 is 36.5 Å². The Hall–Kier alpha value is -1.08. The molecule has 1 aromatic rings. The first-order chi connectivity index (χ1) is 12.3. The minimum Gasteiger partial charge on any atom is -0.372 e. The Bertz CT molecular complexity index is 617. The molecule has 2 aliphatic rings. The number of anilines is 1. The van der Waals surface area contributed by atoms with Crippen molar-refractivity contribution in [2.24, 2.45) is 11.7 Å². The maximum atomic E-state index is 12.5. The van der Waals surface area contributed by atoms with E-state index in [2.05, 4.69) is 29.0 Å². The third-order valence-electron chi connectivity index (χ3n) is 5.59. The predicted octanol–water partition coefficient (Wildman–Crippen LogP) is 3.06. The van der Waals surface area contributed by atoms with E-state index in [9.17, 15) is 4.79 Å². The molecule has 4 unspecified atom stereocenters. The summed E-state index contributed by atoms with van der Waals surface area (Å²) in [6.07, 6.45) is 6.25. The fraction of sp³-hybridized carbons (Fsp3) is 0.700. The molecular formula is C20H34Cl2N4O2. The number of nitrogens with one attached hydrogen (secondary N) is 1. The second-order valence-electron chi connectivity index (χ2n) is 8.21. The first-order valence-corrected chi connectivity index (χ1v) is 9.77. The fourth-order valence-electron chi connectivity index (χ4n) is 4.17. The number of amides is 1. The van der Waals surface area contributed by atoms with Gasteiger partial charge in [-0.1, -0.05) is 18.9 Å². The van der Waals surface area contributed by atoms with Crippen molar-refractivity contribution in [3.8, 4) is 0 Å². The lowest BCUT2D eigenvalue weighted by atomic mass is 9.74. The molecule has 2 heterocycles. The van der Waals surface area contributed by atoms with Crippen molar-refractivity contribution in [2.45, 2.75) is 70.7 Å². The molecule has 0 spiro atoms. The van der Waals surface area contributed by atoms with Gasteiger partial charge in [-0.3, -0.25) is 4.79 Å². The smallest absolute Gasteiger partial charge is 0.225 e. The average molecular weight is 433 g/mol. The standard InChI is InChI=1S/C20H32N4O2.2ClH/c1-14-12-24(13-15(2)26-14)18-8-7-16(10-22-18)11-23-19(25)17-6-4-5-9-20(17,3)21;;/h7-8,10,14-15,17H,4-6,9,11-13,21H2,1-3H3,(H,23,25);2*1H. The van der Waals surface area contributed by atoms with Gasteiger partial charge < -0.3 is 20.7 Å². The number of nitrogens with two attached hydrogens (primary N) is 1. The van der Waals surface area contributed by atoms with Crippen LogP contribution in [0.5, 0.6) is 0 Å². The van der Waals surface area contributed by atoms with Gasteiger partial charge in [0.2, 0.25) is 5.91 Å². The molecule has 3 N–H and O–H groups in total. The largest absolute Gasteiger partial charge is 0.372 e. The zero-order valence-corrected chi connectivity index (χ0v) is 18.7. The molecule has 1 saturated carbocycles. The second kappa shape index (κ2) is 10.6. The van der Waals surface area contributed by atoms with Crippen LogP contribution in [0.2, 0.25) is 0 Å². The number of aromatic nitrogens is 1. The maximum absolute atomic E-state index is 12.5. The van der Waals surface area contributed by atoms with Crippen LogP contribution in [0.3, 0.4) is 0 Å². The Kier molecular flexibility index (Phi) is 9.47. The number of ether oxygens (including phenoxy) is 1. The molecule has 1 saturated heterocycles. The summed E-state index contributed by atoms with van der Waals surface area (Å²) in [5.74, 6) is 0.929. The summed E-state index contributed by atoms with van der Waals surface area (Å²) in [6, 6.07) is 4.07. The molecule has 28 heavy (non-hydrogen) atoms. The number of morpholine rings is 1. The molecule has 4 atom stereocenters. The van der Waals surface area contributed by atoms with Gasteiger partial charge in [0, 0.05) is 31.4 Å². The quantitative estimate of drug-likeness (QED) is 0.763. The van der Waals surface area contributed by atoms with E-state index < -0.39 is 5.54 Å². The van der Waals surface area contributed by atoms with Gasteiger partial charge in [0.15, 0.2) is 0 Å². The Morgan fingerprint density at radius 2 is 1.96 bits per heavy atom. The number of carbonyl (C=O) groups is 1. The first-order valence-electron chi connectivity index (χ1n) is 9.77. The molecule has 0 bridgehead atoms. The molecule has 1 aliphatic heterocycles. The van der Waals surface area contributed by atoms with E-state index in [1.807, 2.05) is 25.3 Å². The third-order valence-corrected chi connectivity index (χ3v) is 5.59. The molecule has 2 fully saturated rings. The molecular weight excluding hydrogens is 399 g/mol. The second-order valence-corrected chi connectivity index (χ2v) is 8.21. The molecule has 3 rings (SSSR count). The zero-order valence-electron chi connectivity index (χ0n) is 17.0. The average Bonchev–Trinajstić information content (AvgIpc) is 2.59. The SMILES string of the molecule is CC1CN(c2ccc(CNC(=O)C3CCCCC3(C)N)cn2)CC(C)O1.Cl.Cl. The Morgan fingerprint density at radius 1 is 1.29 bits per heavy atom. The van der Waals surface area contributed by atoms with E-state index in [4.69, 9.17) is 10.5 Å². The number of hydrogen-bond donors (Lipinski definition) is 2. The van der Waals surface area contributed by atoms with Gasteiger partial charge >= 0.3 is 0 Å². The van der Waals surface area contributed by atoms with E-state index in [0.29, 0.717) is 6.54 Å². The summed E-state index contributed by atoms with van der Waals surface area (Å²) in [5.41, 5.74) is 6.94. The van der Waals surface area contributed by atoms with Crippen molar-refractivity contribution in [1.82, 2.24) is 10.3 Å². The van der Waals surface area contributed by atoms with E-state index >= 15 is 0 Å². The van der Waals surface area contributed by atoms with Gasteiger partial charge in [0.05, 0.1) is 18.1 Å². The van der Waals surface area contributed by atoms with Gasteiger partial charge in [-0.15, -0.1) is 24.8 Å². The van der Waals surface area contributed by atoms with Crippen LogP contribution in [0, 0.1) is 5.92 Å². The highest BCUT2D eigenvalue weighted by atomic mass is 35.5. The zero-order chi connectivity index (χ0) is 18.7. The summed E-state index contributed by atoms with van der Waals surface area (Å²) < 4.78 is 5.77. The van der Waals surface area contributed by atoms with E-state index in [0.717, 1.165) is 50.2 Å². The van der Waals surface area contributed by atoms with E-state index in [1.165, 1.54) is 0 Å². The van der Waals surface area contributed by atoms with Crippen molar-refractivity contribution in [3.05, 3.63) is 23.9 Å². The lowest BCUT2D eigenvalue weighted by Gasteiger charge is -2.37. The number of pyridine rings is 1. The lowest BCUT2D eigenvalue weighted by molar-refractivity contribution is -0.128. The molecule has 8 heteroatoms. The molecule has 1 aliphatic carbocycles. The summed E-state index contributed by atoms with van der Waals surface area (Å²) >= 11 is 0. The van der Waals surface area contributed by atoms with Crippen molar-refractivity contribution < 1.29 is 9.53 Å². The summed E-state index contributed by atoms with van der Waals surface area (Å²) in [5, 5.41) is 3.04. The Labute approximate surface area is 180 Å². The predicted molar refractivity (Wildman–Crippen MR) is 117 cm³/mol. The van der Waals surface area contributed by atoms with Crippen LogP contribution in [0.4, 0.5) is 5.82 Å². The number of nitrogens with zero attached hydrogens (tertiary/aromatic N) is 2. The van der Waals surface area contributed by atoms with Crippen LogP contribution in [0.15, 0.2) is 18.3 Å². The highest BCUT2D eigenvalue weighted by Gasteiger charge is 2.37. The number of halogens is 2. The first kappa shape index (κ1) is 25.0. The Morgan fingerprint density at radius 3 is 2.54 bits per heavy atom. The van der Waals surface area contributed by atoms with Crippen LogP contribution >= 0.6 is 24.8 Å². The van der Waals surface area contributed by atoms with Crippen LogP contribution in [-0.4, -0.2) is 41.7 Å². The monoisotopic (exact) mass is 432 g/mol. The molecule has 0 radical (unpaired) electrons. The van der Waals surface area contributed by atoms with Gasteiger partial charge in [0.25, 0.3) is 0 Å². The summed E-state index contributed by atoms with van der Waals surface area (Å²) in [6.45, 7) is 8.37. The molecule has 1 aromatic heterocycles. The molecule has 1 amide bonds. The lowest BCUT2D eigenvalue weighted by Crippen LogP contribution is -2.52. The molecule has 0 aromatic carbocycles. The highest BCUT2D eigenvalue weighted by molar-refractivity contribution is 5.85. The highest BCUT2D eigenvalue weighted by Crippen LogP contribution is 2.31. The van der Waals surface area contributed by atoms with Crippen molar-refractivity contribution in [2.75, 3.05) is 18.0 Å². The van der Waals surface area contributed by atoms with Gasteiger partial charge in [-0.05, 0) is 45.2 Å². The van der Waals surface area contributed by atoms with E-state index in [-0.39, 0.29) is 48.8 Å². The number of rotatable bonds is 4. The van der Waals surface area contributed by atoms with Gasteiger partial charge in [-0.2, -0.15) is 0 Å². The minimum atomic E-state index is -0.395. The van der Waals surface area contributed by atoms with Crippen LogP contribution in [0.25, 0.3) is 0 Å². The minimum absolute atomic E-state index is 0. The van der Waals surface area contributed by atoms with Crippen molar-refractivity contribution in [3.63, 3.8) is 0 Å². The van der Waals surface area contributed by atoms with Crippen LogP contribution in [0.1, 0.15) is 52.0 Å². The van der Waals surface area contributed by atoms with Crippen molar-refractivity contribution in [1.29, 1.82) is 0 Å². The van der Waals surface area contributed by atoms with Gasteiger partial charge in [-0.25, -0.2) is 4.98 Å². The fourth-order valence-corrected chi connectivity index (χ4v) is 4.17. The van der Waals surface area contributed by atoms with Crippen LogP contribution in [-0.2, 0) is 16.1 Å². The summed E-state index contributed by atoms with van der Waals surface area (Å²) in [7, 11) is 0. The third kappa shape index (κ3) is 6.21. The van der Waals surface area contributed by atoms with E-state index in [1.54, 1.807) is 0 Å². The van der Waals surface area contributed by atoms with Gasteiger partial charge in [0.1, 0.15) is 5.82 Å². The Balaban J connectivity index is 0.00000196. The number of carbonyl (C=O) groups excluding carboxylic acids is 1. The summed E-state index contributed by atoms with van der Waals surface area (Å²) in [4.78, 5) is 19.4. The number of hydrogen-bond acceptors (Lipinski definition) is 5. The molecule has 160 valence electrons.